The van der Waals surface area contributed by atoms with Gasteiger partial charge in [0.2, 0.25) is 0 Å². The average Bonchev–Trinajstić information content (AvgIpc) is 3.11. The van der Waals surface area contributed by atoms with Gasteiger partial charge in [0.25, 0.3) is 11.6 Å². The molecule has 1 aliphatic rings. The van der Waals surface area contributed by atoms with Gasteiger partial charge in [-0.1, -0.05) is 12.8 Å². The first-order valence-electron chi connectivity index (χ1n) is 6.43. The van der Waals surface area contributed by atoms with Gasteiger partial charge in [-0.15, -0.1) is 0 Å². The molecule has 1 amide bonds. The van der Waals surface area contributed by atoms with Crippen molar-refractivity contribution in [1.29, 1.82) is 0 Å². The summed E-state index contributed by atoms with van der Waals surface area (Å²) in [4.78, 5) is 22.0. The van der Waals surface area contributed by atoms with Crippen LogP contribution in [0.1, 0.15) is 36.5 Å². The Morgan fingerprint density at radius 1 is 1.60 bits per heavy atom. The van der Waals surface area contributed by atoms with E-state index in [0.29, 0.717) is 5.92 Å². The first-order chi connectivity index (χ1) is 9.40. The highest BCUT2D eigenvalue weighted by atomic mass is 19.1. The summed E-state index contributed by atoms with van der Waals surface area (Å²) in [6.45, 7) is 1.82. The molecule has 6 nitrogen and oxygen atoms in total. The molecule has 0 spiro atoms. The van der Waals surface area contributed by atoms with Gasteiger partial charge in [-0.05, 0) is 25.3 Å². The van der Waals surface area contributed by atoms with Crippen LogP contribution in [-0.4, -0.2) is 16.9 Å². The first kappa shape index (κ1) is 14.2. The number of rotatable bonds is 5. The second kappa shape index (κ2) is 5.44. The molecule has 2 rings (SSSR count). The third-order valence-electron chi connectivity index (χ3n) is 3.36. The van der Waals surface area contributed by atoms with Crippen molar-refractivity contribution in [3.63, 3.8) is 0 Å². The van der Waals surface area contributed by atoms with Gasteiger partial charge in [-0.25, -0.2) is 4.39 Å². The van der Waals surface area contributed by atoms with Gasteiger partial charge in [-0.2, -0.15) is 0 Å². The van der Waals surface area contributed by atoms with Crippen molar-refractivity contribution in [2.75, 3.05) is 5.73 Å². The van der Waals surface area contributed by atoms with Crippen LogP contribution < -0.4 is 11.1 Å². The molecule has 7 heteroatoms. The van der Waals surface area contributed by atoms with Crippen LogP contribution in [-0.2, 0) is 0 Å². The van der Waals surface area contributed by atoms with Gasteiger partial charge in [0.1, 0.15) is 17.1 Å². The maximum absolute atomic E-state index is 13.7. The minimum absolute atomic E-state index is 0.118. The van der Waals surface area contributed by atoms with Crippen LogP contribution in [0.15, 0.2) is 12.1 Å². The monoisotopic (exact) mass is 281 g/mol. The van der Waals surface area contributed by atoms with E-state index < -0.39 is 33.6 Å². The number of nitrogens with one attached hydrogen (secondary N) is 1. The Bertz CT molecular complexity index is 558. The van der Waals surface area contributed by atoms with E-state index in [4.69, 9.17) is 5.73 Å². The van der Waals surface area contributed by atoms with Crippen LogP contribution >= 0.6 is 0 Å². The molecule has 0 aliphatic heterocycles. The minimum Gasteiger partial charge on any atom is -0.392 e. The Hall–Kier alpha value is -2.18. The van der Waals surface area contributed by atoms with Crippen LogP contribution in [0, 0.1) is 21.8 Å². The highest BCUT2D eigenvalue weighted by Gasteiger charge is 2.27. The summed E-state index contributed by atoms with van der Waals surface area (Å²) in [5.74, 6) is -0.960. The van der Waals surface area contributed by atoms with Gasteiger partial charge in [0.05, 0.1) is 4.92 Å². The summed E-state index contributed by atoms with van der Waals surface area (Å²) >= 11 is 0. The maximum atomic E-state index is 13.7. The zero-order valence-electron chi connectivity index (χ0n) is 11.1. The van der Waals surface area contributed by atoms with E-state index in [0.717, 1.165) is 31.4 Å². The van der Waals surface area contributed by atoms with Crippen LogP contribution in [0.4, 0.5) is 15.8 Å². The number of nitrogens with zero attached hydrogens (tertiary/aromatic N) is 1. The van der Waals surface area contributed by atoms with Gasteiger partial charge in [0, 0.05) is 12.1 Å². The quantitative estimate of drug-likeness (QED) is 0.491. The van der Waals surface area contributed by atoms with E-state index in [1.165, 1.54) is 0 Å². The normalized spacial score (nSPS) is 15.7. The largest absolute Gasteiger partial charge is 0.392 e. The second-order valence-electron chi connectivity index (χ2n) is 5.17. The Morgan fingerprint density at radius 2 is 2.25 bits per heavy atom. The SMILES string of the molecule is CC(CC1CC1)NC(=O)c1c(F)ccc([N+](=O)[O-])c1N. The number of carbonyl (C=O) groups excluding carboxylic acids is 1. The van der Waals surface area contributed by atoms with Crippen LogP contribution in [0.5, 0.6) is 0 Å². The summed E-state index contributed by atoms with van der Waals surface area (Å²) < 4.78 is 13.7. The third-order valence-corrected chi connectivity index (χ3v) is 3.36. The predicted molar refractivity (Wildman–Crippen MR) is 71.7 cm³/mol. The number of nitrogen functional groups attached to an aromatic ring is 1. The third kappa shape index (κ3) is 3.04. The molecule has 1 aromatic carbocycles. The van der Waals surface area contributed by atoms with E-state index in [-0.39, 0.29) is 6.04 Å². The molecule has 1 aromatic rings. The van der Waals surface area contributed by atoms with Crippen molar-refractivity contribution in [3.8, 4) is 0 Å². The molecule has 1 fully saturated rings. The predicted octanol–water partition coefficient (Wildman–Crippen LogP) is 2.23. The van der Waals surface area contributed by atoms with Crippen molar-refractivity contribution in [2.45, 2.75) is 32.2 Å². The highest BCUT2D eigenvalue weighted by molar-refractivity contribution is 6.01. The lowest BCUT2D eigenvalue weighted by atomic mass is 10.1. The lowest BCUT2D eigenvalue weighted by Gasteiger charge is -2.14. The molecule has 0 aromatic heterocycles. The number of nitro groups is 1. The molecule has 20 heavy (non-hydrogen) atoms. The Morgan fingerprint density at radius 3 is 2.80 bits per heavy atom. The Balaban J connectivity index is 2.19. The number of nitrogens with two attached hydrogens (primary N) is 1. The molecule has 1 saturated carbocycles. The zero-order valence-corrected chi connectivity index (χ0v) is 11.1. The Labute approximate surface area is 115 Å². The van der Waals surface area contributed by atoms with Gasteiger partial charge in [-0.3, -0.25) is 14.9 Å². The van der Waals surface area contributed by atoms with E-state index in [2.05, 4.69) is 5.32 Å². The second-order valence-corrected chi connectivity index (χ2v) is 5.17. The summed E-state index contributed by atoms with van der Waals surface area (Å²) in [6, 6.07) is 1.72. The van der Waals surface area contributed by atoms with Crippen molar-refractivity contribution in [2.24, 2.45) is 5.92 Å². The van der Waals surface area contributed by atoms with Crippen molar-refractivity contribution >= 4 is 17.3 Å². The topological polar surface area (TPSA) is 98.3 Å². The van der Waals surface area contributed by atoms with Crippen molar-refractivity contribution in [3.05, 3.63) is 33.6 Å². The number of benzene rings is 1. The molecule has 3 N–H and O–H groups in total. The lowest BCUT2D eigenvalue weighted by molar-refractivity contribution is -0.384. The molecule has 1 aliphatic carbocycles. The summed E-state index contributed by atoms with van der Waals surface area (Å²) in [7, 11) is 0. The molecule has 1 unspecified atom stereocenters. The van der Waals surface area contributed by atoms with E-state index in [9.17, 15) is 19.3 Å². The van der Waals surface area contributed by atoms with Gasteiger partial charge in [0.15, 0.2) is 0 Å². The van der Waals surface area contributed by atoms with Crippen LogP contribution in [0.2, 0.25) is 0 Å². The molecule has 0 saturated heterocycles. The number of nitro benzene ring substituents is 1. The molecule has 0 radical (unpaired) electrons. The molecule has 0 bridgehead atoms. The fourth-order valence-corrected chi connectivity index (χ4v) is 2.18. The molecule has 0 heterocycles. The number of carbonyl (C=O) groups is 1. The first-order valence-corrected chi connectivity index (χ1v) is 6.43. The summed E-state index contributed by atoms with van der Waals surface area (Å²) in [5.41, 5.74) is 4.17. The van der Waals surface area contributed by atoms with Crippen LogP contribution in [0.25, 0.3) is 0 Å². The summed E-state index contributed by atoms with van der Waals surface area (Å²) in [5, 5.41) is 13.4. The smallest absolute Gasteiger partial charge is 0.293 e. The van der Waals surface area contributed by atoms with E-state index >= 15 is 0 Å². The molecule has 1 atom stereocenters. The maximum Gasteiger partial charge on any atom is 0.293 e. The van der Waals surface area contributed by atoms with Gasteiger partial charge < -0.3 is 11.1 Å². The van der Waals surface area contributed by atoms with E-state index in [1.807, 2.05) is 6.92 Å². The summed E-state index contributed by atoms with van der Waals surface area (Å²) in [6.07, 6.45) is 3.11. The molecule has 108 valence electrons. The number of hydrogen-bond donors (Lipinski definition) is 2. The van der Waals surface area contributed by atoms with Crippen molar-refractivity contribution in [1.82, 2.24) is 5.32 Å². The highest BCUT2D eigenvalue weighted by Crippen LogP contribution is 2.33. The minimum atomic E-state index is -0.857. The fourth-order valence-electron chi connectivity index (χ4n) is 2.18. The number of hydrogen-bond acceptors (Lipinski definition) is 4. The van der Waals surface area contributed by atoms with Gasteiger partial charge >= 0.3 is 0 Å². The Kier molecular flexibility index (Phi) is 3.87. The standard InChI is InChI=1S/C13H16FN3O3/c1-7(6-8-2-3-8)16-13(18)11-9(14)4-5-10(12(11)15)17(19)20/h4-5,7-8H,2-3,6,15H2,1H3,(H,16,18). The van der Waals surface area contributed by atoms with E-state index in [1.54, 1.807) is 0 Å². The van der Waals surface area contributed by atoms with Crippen LogP contribution in [0.3, 0.4) is 0 Å². The van der Waals surface area contributed by atoms with Crippen molar-refractivity contribution < 1.29 is 14.1 Å². The molecular weight excluding hydrogens is 265 g/mol. The fraction of sp³-hybridized carbons (Fsp3) is 0.462. The lowest BCUT2D eigenvalue weighted by Crippen LogP contribution is -2.34. The average molecular weight is 281 g/mol. The number of amides is 1. The number of anilines is 1. The number of halogens is 1. The zero-order chi connectivity index (χ0) is 14.9. The molecular formula is C13H16FN3O3.